The van der Waals surface area contributed by atoms with Crippen LogP contribution in [0.4, 0.5) is 13.2 Å². The molecule has 0 spiro atoms. The first-order valence-corrected chi connectivity index (χ1v) is 6.98. The second kappa shape index (κ2) is 7.03. The van der Waals surface area contributed by atoms with Crippen LogP contribution in [-0.4, -0.2) is 18.3 Å². The molecule has 0 aliphatic carbocycles. The lowest BCUT2D eigenvalue weighted by atomic mass is 9.99. The molecule has 0 bridgehead atoms. The number of hydrogen-bond donors (Lipinski definition) is 0. The first-order valence-electron chi connectivity index (χ1n) is 5.86. The molecule has 0 aromatic heterocycles. The van der Waals surface area contributed by atoms with Gasteiger partial charge in [0.1, 0.15) is 11.5 Å². The molecular weight excluding hydrogens is 325 g/mol. The smallest absolute Gasteiger partial charge is 0.493 e. The van der Waals surface area contributed by atoms with E-state index in [2.05, 4.69) is 34.5 Å². The summed E-state index contributed by atoms with van der Waals surface area (Å²) < 4.78 is 45.2. The van der Waals surface area contributed by atoms with Gasteiger partial charge in [-0.25, -0.2) is 0 Å². The largest absolute Gasteiger partial charge is 0.573 e. The van der Waals surface area contributed by atoms with Gasteiger partial charge in [-0.2, -0.15) is 0 Å². The SMILES string of the molecule is CC(C)C(CBr)COc1ccc(OC(F)(F)F)cc1. The van der Waals surface area contributed by atoms with Crippen molar-refractivity contribution >= 4 is 15.9 Å². The van der Waals surface area contributed by atoms with E-state index in [9.17, 15) is 13.2 Å². The monoisotopic (exact) mass is 340 g/mol. The summed E-state index contributed by atoms with van der Waals surface area (Å²) in [7, 11) is 0. The zero-order chi connectivity index (χ0) is 14.5. The Bertz CT molecular complexity index is 376. The van der Waals surface area contributed by atoms with Crippen molar-refractivity contribution < 1.29 is 22.6 Å². The van der Waals surface area contributed by atoms with Crippen molar-refractivity contribution in [2.24, 2.45) is 11.8 Å². The lowest BCUT2D eigenvalue weighted by molar-refractivity contribution is -0.274. The van der Waals surface area contributed by atoms with Gasteiger partial charge in [0.2, 0.25) is 0 Å². The maximum absolute atomic E-state index is 12.0. The number of alkyl halides is 4. The van der Waals surface area contributed by atoms with Gasteiger partial charge in [0, 0.05) is 11.2 Å². The van der Waals surface area contributed by atoms with Crippen molar-refractivity contribution in [2.45, 2.75) is 20.2 Å². The fraction of sp³-hybridized carbons (Fsp3) is 0.538. The van der Waals surface area contributed by atoms with E-state index >= 15 is 0 Å². The highest BCUT2D eigenvalue weighted by molar-refractivity contribution is 9.09. The maximum Gasteiger partial charge on any atom is 0.573 e. The molecule has 0 radical (unpaired) electrons. The molecule has 0 N–H and O–H groups in total. The fourth-order valence-electron chi connectivity index (χ4n) is 1.36. The number of hydrogen-bond acceptors (Lipinski definition) is 2. The number of halogens is 4. The first-order chi connectivity index (χ1) is 8.81. The predicted molar refractivity (Wildman–Crippen MR) is 70.7 cm³/mol. The lowest BCUT2D eigenvalue weighted by Crippen LogP contribution is -2.19. The topological polar surface area (TPSA) is 18.5 Å². The summed E-state index contributed by atoms with van der Waals surface area (Å²) in [5, 5.41) is 0.819. The van der Waals surface area contributed by atoms with E-state index < -0.39 is 6.36 Å². The Hall–Kier alpha value is -0.910. The molecule has 0 saturated heterocycles. The highest BCUT2D eigenvalue weighted by atomic mass is 79.9. The van der Waals surface area contributed by atoms with Gasteiger partial charge >= 0.3 is 6.36 Å². The average Bonchev–Trinajstić information content (AvgIpc) is 2.29. The van der Waals surface area contributed by atoms with Crippen molar-refractivity contribution in [1.82, 2.24) is 0 Å². The summed E-state index contributed by atoms with van der Waals surface area (Å²) in [4.78, 5) is 0. The molecule has 0 fully saturated rings. The third-order valence-electron chi connectivity index (χ3n) is 2.66. The van der Waals surface area contributed by atoms with Gasteiger partial charge in [-0.15, -0.1) is 13.2 Å². The summed E-state index contributed by atoms with van der Waals surface area (Å²) in [5.74, 6) is 1.10. The number of rotatable bonds is 6. The minimum Gasteiger partial charge on any atom is -0.493 e. The molecule has 2 nitrogen and oxygen atoms in total. The molecular formula is C13H16BrF3O2. The quantitative estimate of drug-likeness (QED) is 0.703. The van der Waals surface area contributed by atoms with Crippen LogP contribution >= 0.6 is 15.9 Å². The Labute approximate surface area is 119 Å². The van der Waals surface area contributed by atoms with Crippen molar-refractivity contribution in [3.8, 4) is 11.5 Å². The standard InChI is InChI=1S/C13H16BrF3O2/c1-9(2)10(7-14)8-18-11-3-5-12(6-4-11)19-13(15,16)17/h3-6,9-10H,7-8H2,1-2H3. The van der Waals surface area contributed by atoms with Crippen LogP contribution in [0.25, 0.3) is 0 Å². The van der Waals surface area contributed by atoms with Crippen LogP contribution < -0.4 is 9.47 Å². The minimum atomic E-state index is -4.67. The maximum atomic E-state index is 12.0. The summed E-state index contributed by atoms with van der Waals surface area (Å²) >= 11 is 3.41. The van der Waals surface area contributed by atoms with Crippen LogP contribution in [0.15, 0.2) is 24.3 Å². The zero-order valence-corrected chi connectivity index (χ0v) is 12.3. The van der Waals surface area contributed by atoms with Crippen molar-refractivity contribution in [1.29, 1.82) is 0 Å². The molecule has 0 amide bonds. The summed E-state index contributed by atoms with van der Waals surface area (Å²) in [6.07, 6.45) is -4.67. The molecule has 19 heavy (non-hydrogen) atoms. The fourth-order valence-corrected chi connectivity index (χ4v) is 2.29. The van der Waals surface area contributed by atoms with Crippen LogP contribution in [0, 0.1) is 11.8 Å². The van der Waals surface area contributed by atoms with Gasteiger partial charge in [-0.1, -0.05) is 29.8 Å². The average molecular weight is 341 g/mol. The molecule has 6 heteroatoms. The second-order valence-corrected chi connectivity index (χ2v) is 5.14. The van der Waals surface area contributed by atoms with Gasteiger partial charge < -0.3 is 9.47 Å². The normalized spacial score (nSPS) is 13.4. The zero-order valence-electron chi connectivity index (χ0n) is 10.7. The van der Waals surface area contributed by atoms with Crippen LogP contribution in [0.3, 0.4) is 0 Å². The highest BCUT2D eigenvalue weighted by Gasteiger charge is 2.30. The molecule has 108 valence electrons. The van der Waals surface area contributed by atoms with E-state index in [0.29, 0.717) is 24.2 Å². The van der Waals surface area contributed by atoms with Crippen LogP contribution in [0.2, 0.25) is 0 Å². The Kier molecular flexibility index (Phi) is 5.97. The Morgan fingerprint density at radius 3 is 2.05 bits per heavy atom. The van der Waals surface area contributed by atoms with Crippen LogP contribution in [0.1, 0.15) is 13.8 Å². The van der Waals surface area contributed by atoms with Gasteiger partial charge in [-0.3, -0.25) is 0 Å². The summed E-state index contributed by atoms with van der Waals surface area (Å²) in [5.41, 5.74) is 0. The molecule has 1 atom stereocenters. The molecule has 0 heterocycles. The van der Waals surface area contributed by atoms with Gasteiger partial charge in [0.15, 0.2) is 0 Å². The Balaban J connectivity index is 2.53. The van der Waals surface area contributed by atoms with E-state index in [1.807, 2.05) is 0 Å². The highest BCUT2D eigenvalue weighted by Crippen LogP contribution is 2.25. The molecule has 1 aromatic carbocycles. The van der Waals surface area contributed by atoms with Crippen molar-refractivity contribution in [2.75, 3.05) is 11.9 Å². The second-order valence-electron chi connectivity index (χ2n) is 4.49. The van der Waals surface area contributed by atoms with Gasteiger partial charge in [-0.05, 0) is 30.2 Å². The molecule has 1 aromatic rings. The van der Waals surface area contributed by atoms with Crippen molar-refractivity contribution in [3.05, 3.63) is 24.3 Å². The molecule has 0 aliphatic heterocycles. The van der Waals surface area contributed by atoms with Crippen molar-refractivity contribution in [3.63, 3.8) is 0 Å². The molecule has 0 saturated carbocycles. The lowest BCUT2D eigenvalue weighted by Gasteiger charge is -2.18. The van der Waals surface area contributed by atoms with E-state index in [0.717, 1.165) is 5.33 Å². The molecule has 0 aliphatic rings. The summed E-state index contributed by atoms with van der Waals surface area (Å²) in [6, 6.07) is 5.40. The van der Waals surface area contributed by atoms with Crippen LogP contribution in [-0.2, 0) is 0 Å². The van der Waals surface area contributed by atoms with E-state index in [1.165, 1.54) is 24.3 Å². The predicted octanol–water partition coefficient (Wildman–Crippen LogP) is 4.63. The third kappa shape index (κ3) is 6.18. The molecule has 1 unspecified atom stereocenters. The van der Waals surface area contributed by atoms with E-state index in [1.54, 1.807) is 0 Å². The molecule has 1 rings (SSSR count). The summed E-state index contributed by atoms with van der Waals surface area (Å²) in [6.45, 7) is 4.70. The Morgan fingerprint density at radius 1 is 1.11 bits per heavy atom. The van der Waals surface area contributed by atoms with E-state index in [4.69, 9.17) is 4.74 Å². The minimum absolute atomic E-state index is 0.249. The Morgan fingerprint density at radius 2 is 1.63 bits per heavy atom. The van der Waals surface area contributed by atoms with E-state index in [-0.39, 0.29) is 5.75 Å². The first kappa shape index (κ1) is 16.1. The number of benzene rings is 1. The van der Waals surface area contributed by atoms with Crippen LogP contribution in [0.5, 0.6) is 11.5 Å². The number of ether oxygens (including phenoxy) is 2. The van der Waals surface area contributed by atoms with Gasteiger partial charge in [0.05, 0.1) is 6.61 Å². The third-order valence-corrected chi connectivity index (χ3v) is 3.49. The van der Waals surface area contributed by atoms with Gasteiger partial charge in [0.25, 0.3) is 0 Å².